The van der Waals surface area contributed by atoms with Gasteiger partial charge < -0.3 is 15.5 Å². The number of nitrogens with one attached hydrogen (secondary N) is 2. The van der Waals surface area contributed by atoms with Gasteiger partial charge in [-0.3, -0.25) is 4.79 Å². The Labute approximate surface area is 123 Å². The number of thioether (sulfide) groups is 1. The minimum absolute atomic E-state index is 0.0243. The first-order chi connectivity index (χ1) is 9.67. The molecule has 0 fully saturated rings. The summed E-state index contributed by atoms with van der Waals surface area (Å²) in [5, 5.41) is 4.75. The average Bonchev–Trinajstić information content (AvgIpc) is 2.36. The number of likely N-dealkylation sites (N-methyl/N-ethyl adjacent to an activating group) is 1. The molecule has 0 heterocycles. The number of benzene rings is 1. The van der Waals surface area contributed by atoms with E-state index in [4.69, 9.17) is 0 Å². The minimum atomic E-state index is -4.35. The smallest absolute Gasteiger partial charge is 0.347 e. The number of amides is 3. The lowest BCUT2D eigenvalue weighted by Gasteiger charge is -2.12. The van der Waals surface area contributed by atoms with Crippen LogP contribution in [0.4, 0.5) is 23.7 Å². The summed E-state index contributed by atoms with van der Waals surface area (Å²) >= 11 is -0.233. The van der Waals surface area contributed by atoms with Crippen molar-refractivity contribution < 1.29 is 22.8 Å². The van der Waals surface area contributed by atoms with Gasteiger partial charge in [0.15, 0.2) is 0 Å². The second-order valence-electron chi connectivity index (χ2n) is 4.17. The second kappa shape index (κ2) is 7.21. The Morgan fingerprint density at radius 1 is 1.19 bits per heavy atom. The van der Waals surface area contributed by atoms with Crippen LogP contribution in [0.15, 0.2) is 29.2 Å². The van der Waals surface area contributed by atoms with Crippen LogP contribution < -0.4 is 10.6 Å². The summed E-state index contributed by atoms with van der Waals surface area (Å²) in [6.07, 6.45) is 0. The van der Waals surface area contributed by atoms with E-state index in [1.165, 1.54) is 29.2 Å². The summed E-state index contributed by atoms with van der Waals surface area (Å²) in [7, 11) is 3.11. The largest absolute Gasteiger partial charge is 0.446 e. The molecule has 116 valence electrons. The van der Waals surface area contributed by atoms with Crippen molar-refractivity contribution in [2.75, 3.05) is 26.0 Å². The standard InChI is InChI=1S/C12H14F3N3O2S/c1-18(2)10(19)7-16-11(20)17-8-3-5-9(6-4-8)21-12(13,14)15/h3-6H,7H2,1-2H3,(H2,16,17,20). The first kappa shape index (κ1) is 17.2. The Morgan fingerprint density at radius 3 is 2.24 bits per heavy atom. The number of rotatable bonds is 4. The van der Waals surface area contributed by atoms with Crippen LogP contribution in [0.3, 0.4) is 0 Å². The molecule has 1 aromatic rings. The van der Waals surface area contributed by atoms with Gasteiger partial charge in [-0.05, 0) is 36.0 Å². The van der Waals surface area contributed by atoms with Crippen LogP contribution in [0.2, 0.25) is 0 Å². The first-order valence-electron chi connectivity index (χ1n) is 5.78. The van der Waals surface area contributed by atoms with Crippen LogP contribution in [-0.2, 0) is 4.79 Å². The van der Waals surface area contributed by atoms with Gasteiger partial charge in [0.2, 0.25) is 5.91 Å². The van der Waals surface area contributed by atoms with Crippen molar-refractivity contribution in [3.8, 4) is 0 Å². The molecular weight excluding hydrogens is 307 g/mol. The van der Waals surface area contributed by atoms with E-state index in [2.05, 4.69) is 10.6 Å². The number of nitrogens with zero attached hydrogens (tertiary/aromatic N) is 1. The SMILES string of the molecule is CN(C)C(=O)CNC(=O)Nc1ccc(SC(F)(F)F)cc1. The van der Waals surface area contributed by atoms with Gasteiger partial charge in [0.1, 0.15) is 0 Å². The van der Waals surface area contributed by atoms with Gasteiger partial charge in [-0.25, -0.2) is 4.79 Å². The van der Waals surface area contributed by atoms with E-state index in [0.717, 1.165) is 0 Å². The maximum Gasteiger partial charge on any atom is 0.446 e. The van der Waals surface area contributed by atoms with E-state index < -0.39 is 11.5 Å². The first-order valence-corrected chi connectivity index (χ1v) is 6.60. The molecule has 5 nitrogen and oxygen atoms in total. The highest BCUT2D eigenvalue weighted by atomic mass is 32.2. The van der Waals surface area contributed by atoms with Crippen LogP contribution in [0.25, 0.3) is 0 Å². The summed E-state index contributed by atoms with van der Waals surface area (Å²) in [6, 6.07) is 4.58. The monoisotopic (exact) mass is 321 g/mol. The predicted octanol–water partition coefficient (Wildman–Crippen LogP) is 2.51. The summed E-state index contributed by atoms with van der Waals surface area (Å²) in [4.78, 5) is 24.1. The van der Waals surface area contributed by atoms with Gasteiger partial charge in [-0.1, -0.05) is 0 Å². The van der Waals surface area contributed by atoms with Crippen molar-refractivity contribution >= 4 is 29.4 Å². The number of carbonyl (C=O) groups is 2. The van der Waals surface area contributed by atoms with Gasteiger partial charge >= 0.3 is 11.5 Å². The van der Waals surface area contributed by atoms with Crippen molar-refractivity contribution in [3.05, 3.63) is 24.3 Å². The van der Waals surface area contributed by atoms with E-state index in [1.807, 2.05) is 0 Å². The Balaban J connectivity index is 2.48. The van der Waals surface area contributed by atoms with Gasteiger partial charge in [0.05, 0.1) is 6.54 Å². The van der Waals surface area contributed by atoms with Crippen molar-refractivity contribution in [3.63, 3.8) is 0 Å². The molecule has 0 aromatic heterocycles. The van der Waals surface area contributed by atoms with Crippen molar-refractivity contribution in [2.45, 2.75) is 10.4 Å². The molecule has 0 saturated carbocycles. The molecule has 0 spiro atoms. The molecule has 0 atom stereocenters. The Hall–Kier alpha value is -1.90. The fourth-order valence-corrected chi connectivity index (χ4v) is 1.77. The molecular formula is C12H14F3N3O2S. The van der Waals surface area contributed by atoms with Crippen LogP contribution in [0.1, 0.15) is 0 Å². The molecule has 0 radical (unpaired) electrons. The van der Waals surface area contributed by atoms with E-state index >= 15 is 0 Å². The maximum atomic E-state index is 12.1. The molecule has 21 heavy (non-hydrogen) atoms. The second-order valence-corrected chi connectivity index (χ2v) is 5.31. The topological polar surface area (TPSA) is 61.4 Å². The van der Waals surface area contributed by atoms with Crippen molar-refractivity contribution in [1.29, 1.82) is 0 Å². The fourth-order valence-electron chi connectivity index (χ4n) is 1.23. The predicted molar refractivity (Wildman–Crippen MR) is 74.1 cm³/mol. The minimum Gasteiger partial charge on any atom is -0.347 e. The number of urea groups is 1. The number of anilines is 1. The molecule has 9 heteroatoms. The number of hydrogen-bond donors (Lipinski definition) is 2. The molecule has 1 rings (SSSR count). The van der Waals surface area contributed by atoms with Crippen LogP contribution in [0, 0.1) is 0 Å². The van der Waals surface area contributed by atoms with E-state index in [-0.39, 0.29) is 29.1 Å². The zero-order chi connectivity index (χ0) is 16.0. The summed E-state index contributed by atoms with van der Waals surface area (Å²) in [5.74, 6) is -0.276. The molecule has 3 amide bonds. The maximum absolute atomic E-state index is 12.1. The third kappa shape index (κ3) is 6.89. The van der Waals surface area contributed by atoms with Crippen LogP contribution >= 0.6 is 11.8 Å². The van der Waals surface area contributed by atoms with Gasteiger partial charge in [0.25, 0.3) is 0 Å². The third-order valence-corrected chi connectivity index (χ3v) is 2.98. The number of carbonyl (C=O) groups excluding carboxylic acids is 2. The highest BCUT2D eigenvalue weighted by Crippen LogP contribution is 2.36. The zero-order valence-electron chi connectivity index (χ0n) is 11.3. The summed E-state index contributed by atoms with van der Waals surface area (Å²) < 4.78 is 36.4. The van der Waals surface area contributed by atoms with E-state index in [1.54, 1.807) is 14.1 Å². The number of halogens is 3. The zero-order valence-corrected chi connectivity index (χ0v) is 12.1. The Kier molecular flexibility index (Phi) is 5.89. The Bertz CT molecular complexity index is 503. The molecule has 0 aliphatic carbocycles. The summed E-state index contributed by atoms with van der Waals surface area (Å²) in [6.45, 7) is -0.166. The summed E-state index contributed by atoms with van der Waals surface area (Å²) in [5.41, 5.74) is -4.02. The van der Waals surface area contributed by atoms with Gasteiger partial charge in [0, 0.05) is 24.7 Å². The third-order valence-electron chi connectivity index (χ3n) is 2.24. The number of alkyl halides is 3. The Morgan fingerprint density at radius 2 is 1.76 bits per heavy atom. The molecule has 0 unspecified atom stereocenters. The molecule has 0 aliphatic heterocycles. The quantitative estimate of drug-likeness (QED) is 0.838. The fraction of sp³-hybridized carbons (Fsp3) is 0.333. The number of hydrogen-bond acceptors (Lipinski definition) is 3. The van der Waals surface area contributed by atoms with Crippen LogP contribution in [-0.4, -0.2) is 43.0 Å². The lowest BCUT2D eigenvalue weighted by atomic mass is 10.3. The van der Waals surface area contributed by atoms with Crippen molar-refractivity contribution in [2.24, 2.45) is 0 Å². The highest BCUT2D eigenvalue weighted by Gasteiger charge is 2.29. The molecule has 2 N–H and O–H groups in total. The highest BCUT2D eigenvalue weighted by molar-refractivity contribution is 8.00. The van der Waals surface area contributed by atoms with Gasteiger partial charge in [-0.15, -0.1) is 0 Å². The molecule has 0 saturated heterocycles. The van der Waals surface area contributed by atoms with Gasteiger partial charge in [-0.2, -0.15) is 13.2 Å². The molecule has 1 aromatic carbocycles. The van der Waals surface area contributed by atoms with E-state index in [0.29, 0.717) is 5.69 Å². The van der Waals surface area contributed by atoms with Crippen LogP contribution in [0.5, 0.6) is 0 Å². The normalized spacial score (nSPS) is 10.9. The lowest BCUT2D eigenvalue weighted by molar-refractivity contribution is -0.127. The average molecular weight is 321 g/mol. The molecule has 0 aliphatic rings. The van der Waals surface area contributed by atoms with Crippen molar-refractivity contribution in [1.82, 2.24) is 10.2 Å². The lowest BCUT2D eigenvalue weighted by Crippen LogP contribution is -2.38. The van der Waals surface area contributed by atoms with E-state index in [9.17, 15) is 22.8 Å². The molecule has 0 bridgehead atoms.